The molecule has 1 heterocycles. The topological polar surface area (TPSA) is 60.5 Å². The molecule has 1 aromatic heterocycles. The van der Waals surface area contributed by atoms with Gasteiger partial charge in [-0.1, -0.05) is 60.7 Å². The molecule has 0 saturated heterocycles. The lowest BCUT2D eigenvalue weighted by Gasteiger charge is -2.11. The minimum Gasteiger partial charge on any atom is -0.493 e. The molecule has 5 nitrogen and oxygen atoms in total. The number of hydrogen-bond acceptors (Lipinski definition) is 5. The Morgan fingerprint density at radius 3 is 2.35 bits per heavy atom. The smallest absolute Gasteiger partial charge is 0.271 e. The summed E-state index contributed by atoms with van der Waals surface area (Å²) >= 11 is 1.42. The highest BCUT2D eigenvalue weighted by molar-refractivity contribution is 7.13. The highest BCUT2D eigenvalue weighted by Gasteiger charge is 2.14. The van der Waals surface area contributed by atoms with Crippen LogP contribution in [-0.2, 0) is 13.2 Å². The van der Waals surface area contributed by atoms with Gasteiger partial charge in [-0.2, -0.15) is 0 Å². The first kappa shape index (κ1) is 20.6. The fourth-order valence-corrected chi connectivity index (χ4v) is 3.83. The normalized spacial score (nSPS) is 10.5. The molecule has 1 N–H and O–H groups in total. The zero-order valence-electron chi connectivity index (χ0n) is 17.1. The van der Waals surface area contributed by atoms with Gasteiger partial charge in [0, 0.05) is 17.5 Å². The molecule has 0 bridgehead atoms. The molecule has 31 heavy (non-hydrogen) atoms. The molecule has 0 aliphatic carbocycles. The van der Waals surface area contributed by atoms with E-state index >= 15 is 0 Å². The Kier molecular flexibility index (Phi) is 6.59. The van der Waals surface area contributed by atoms with Crippen molar-refractivity contribution in [3.63, 3.8) is 0 Å². The molecular weight excluding hydrogens is 408 g/mol. The van der Waals surface area contributed by atoms with Crippen LogP contribution in [0.5, 0.6) is 11.5 Å². The van der Waals surface area contributed by atoms with Crippen molar-refractivity contribution in [2.75, 3.05) is 7.11 Å². The molecule has 0 atom stereocenters. The fraction of sp³-hybridized carbons (Fsp3) is 0.120. The van der Waals surface area contributed by atoms with Gasteiger partial charge in [-0.05, 0) is 29.3 Å². The number of nitrogens with one attached hydrogen (secondary N) is 1. The van der Waals surface area contributed by atoms with Crippen molar-refractivity contribution in [2.24, 2.45) is 0 Å². The molecule has 0 spiro atoms. The minimum atomic E-state index is -0.193. The summed E-state index contributed by atoms with van der Waals surface area (Å²) < 4.78 is 11.4. The highest BCUT2D eigenvalue weighted by Crippen LogP contribution is 2.34. The van der Waals surface area contributed by atoms with E-state index in [0.717, 1.165) is 21.7 Å². The number of carbonyl (C=O) groups is 1. The zero-order valence-corrected chi connectivity index (χ0v) is 17.9. The number of benzene rings is 3. The van der Waals surface area contributed by atoms with Crippen molar-refractivity contribution in [2.45, 2.75) is 13.2 Å². The van der Waals surface area contributed by atoms with Crippen LogP contribution in [0.15, 0.2) is 84.2 Å². The number of rotatable bonds is 8. The van der Waals surface area contributed by atoms with E-state index < -0.39 is 0 Å². The third-order valence-electron chi connectivity index (χ3n) is 4.68. The first-order valence-electron chi connectivity index (χ1n) is 9.86. The third-order valence-corrected chi connectivity index (χ3v) is 5.57. The molecule has 3 aromatic carbocycles. The number of methoxy groups -OCH3 is 1. The summed E-state index contributed by atoms with van der Waals surface area (Å²) in [6.45, 7) is 0.924. The van der Waals surface area contributed by atoms with E-state index in [9.17, 15) is 4.79 Å². The van der Waals surface area contributed by atoms with Crippen molar-refractivity contribution < 1.29 is 14.3 Å². The predicted octanol–water partition coefficient (Wildman–Crippen LogP) is 5.33. The van der Waals surface area contributed by atoms with E-state index in [4.69, 9.17) is 9.47 Å². The Hall–Kier alpha value is -3.64. The quantitative estimate of drug-likeness (QED) is 0.411. The van der Waals surface area contributed by atoms with E-state index in [0.29, 0.717) is 30.3 Å². The first-order valence-corrected chi connectivity index (χ1v) is 10.7. The Morgan fingerprint density at radius 2 is 1.65 bits per heavy atom. The minimum absolute atomic E-state index is 0.193. The number of nitrogens with zero attached hydrogens (tertiary/aromatic N) is 1. The Bertz CT molecular complexity index is 1140. The van der Waals surface area contributed by atoms with Gasteiger partial charge in [0.15, 0.2) is 11.5 Å². The maximum absolute atomic E-state index is 12.4. The molecule has 1 amide bonds. The van der Waals surface area contributed by atoms with Crippen LogP contribution in [0.1, 0.15) is 21.6 Å². The summed E-state index contributed by atoms with van der Waals surface area (Å²) in [6.07, 6.45) is 0. The lowest BCUT2D eigenvalue weighted by Crippen LogP contribution is -2.23. The number of aromatic nitrogens is 1. The van der Waals surface area contributed by atoms with Crippen molar-refractivity contribution >= 4 is 17.2 Å². The maximum atomic E-state index is 12.4. The van der Waals surface area contributed by atoms with Gasteiger partial charge in [0.1, 0.15) is 17.3 Å². The summed E-state index contributed by atoms with van der Waals surface area (Å²) in [4.78, 5) is 16.9. The number of ether oxygens (including phenoxy) is 2. The summed E-state index contributed by atoms with van der Waals surface area (Å²) in [5, 5.41) is 5.42. The van der Waals surface area contributed by atoms with Crippen molar-refractivity contribution in [3.8, 4) is 22.1 Å². The van der Waals surface area contributed by atoms with Crippen LogP contribution >= 0.6 is 11.3 Å². The number of thiazole rings is 1. The van der Waals surface area contributed by atoms with E-state index in [-0.39, 0.29) is 5.91 Å². The maximum Gasteiger partial charge on any atom is 0.271 e. The Labute approximate surface area is 185 Å². The Balaban J connectivity index is 1.43. The van der Waals surface area contributed by atoms with Crippen LogP contribution in [0, 0.1) is 0 Å². The van der Waals surface area contributed by atoms with Gasteiger partial charge in [-0.15, -0.1) is 11.3 Å². The van der Waals surface area contributed by atoms with Gasteiger partial charge in [0.2, 0.25) is 0 Å². The van der Waals surface area contributed by atoms with Gasteiger partial charge in [0.05, 0.1) is 7.11 Å². The van der Waals surface area contributed by atoms with Gasteiger partial charge in [-0.25, -0.2) is 4.98 Å². The third kappa shape index (κ3) is 5.29. The highest BCUT2D eigenvalue weighted by atomic mass is 32.1. The second-order valence-corrected chi connectivity index (χ2v) is 7.70. The lowest BCUT2D eigenvalue weighted by atomic mass is 10.2. The average molecular weight is 431 g/mol. The molecule has 156 valence electrons. The second-order valence-electron chi connectivity index (χ2n) is 6.85. The van der Waals surface area contributed by atoms with E-state index in [1.54, 1.807) is 12.5 Å². The Morgan fingerprint density at radius 1 is 0.935 bits per heavy atom. The van der Waals surface area contributed by atoms with Crippen LogP contribution in [0.3, 0.4) is 0 Å². The predicted molar refractivity (Wildman–Crippen MR) is 122 cm³/mol. The van der Waals surface area contributed by atoms with Crippen molar-refractivity contribution in [3.05, 3.63) is 101 Å². The average Bonchev–Trinajstić information content (AvgIpc) is 3.33. The molecular formula is C25H22N2O3S. The number of carbonyl (C=O) groups excluding carboxylic acids is 1. The largest absolute Gasteiger partial charge is 0.493 e. The molecule has 6 heteroatoms. The first-order chi connectivity index (χ1) is 15.2. The number of hydrogen-bond donors (Lipinski definition) is 1. The molecule has 4 aromatic rings. The summed E-state index contributed by atoms with van der Waals surface area (Å²) in [5.74, 6) is 1.09. The molecule has 0 saturated carbocycles. The van der Waals surface area contributed by atoms with Crippen molar-refractivity contribution in [1.82, 2.24) is 10.3 Å². The molecule has 4 rings (SSSR count). The second kappa shape index (κ2) is 9.91. The summed E-state index contributed by atoms with van der Waals surface area (Å²) in [5.41, 5.74) is 3.40. The standard InChI is InChI=1S/C25H22N2O3S/c1-29-23-14-20(12-13-22(23)30-16-19-10-6-3-7-11-19)25-27-21(17-31-25)24(28)26-15-18-8-4-2-5-9-18/h2-14,17H,15-16H2,1H3,(H,26,28). The monoisotopic (exact) mass is 430 g/mol. The SMILES string of the molecule is COc1cc(-c2nc(C(=O)NCc3ccccc3)cs2)ccc1OCc1ccccc1. The van der Waals surface area contributed by atoms with Crippen molar-refractivity contribution in [1.29, 1.82) is 0 Å². The van der Waals surface area contributed by atoms with Gasteiger partial charge in [0.25, 0.3) is 5.91 Å². The molecule has 0 fully saturated rings. The van der Waals surface area contributed by atoms with E-state index in [2.05, 4.69) is 10.3 Å². The molecule has 0 aliphatic heterocycles. The molecule has 0 radical (unpaired) electrons. The van der Waals surface area contributed by atoms with E-state index in [1.807, 2.05) is 78.9 Å². The lowest BCUT2D eigenvalue weighted by molar-refractivity contribution is 0.0946. The van der Waals surface area contributed by atoms with Crippen LogP contribution in [0.25, 0.3) is 10.6 Å². The van der Waals surface area contributed by atoms with Gasteiger partial charge < -0.3 is 14.8 Å². The van der Waals surface area contributed by atoms with Crippen LogP contribution < -0.4 is 14.8 Å². The van der Waals surface area contributed by atoms with Gasteiger partial charge >= 0.3 is 0 Å². The molecule has 0 unspecified atom stereocenters. The van der Waals surface area contributed by atoms with E-state index in [1.165, 1.54) is 11.3 Å². The summed E-state index contributed by atoms with van der Waals surface area (Å²) in [7, 11) is 1.61. The fourth-order valence-electron chi connectivity index (χ4n) is 3.03. The van der Waals surface area contributed by atoms with Crippen LogP contribution in [0.2, 0.25) is 0 Å². The van der Waals surface area contributed by atoms with Crippen LogP contribution in [0.4, 0.5) is 0 Å². The zero-order chi connectivity index (χ0) is 21.5. The van der Waals surface area contributed by atoms with Crippen LogP contribution in [-0.4, -0.2) is 18.0 Å². The van der Waals surface area contributed by atoms with Gasteiger partial charge in [-0.3, -0.25) is 4.79 Å². The number of amides is 1. The molecule has 0 aliphatic rings. The summed E-state index contributed by atoms with van der Waals surface area (Å²) in [6, 6.07) is 25.4.